The molecule has 0 saturated heterocycles. The van der Waals surface area contributed by atoms with E-state index in [1.165, 1.54) is 0 Å². The molecule has 0 atom stereocenters. The van der Waals surface area contributed by atoms with Gasteiger partial charge in [-0.15, -0.1) is 0 Å². The van der Waals surface area contributed by atoms with Crippen molar-refractivity contribution in [3.8, 4) is 17.5 Å². The largest absolute Gasteiger partial charge is 0.494 e. The molecule has 0 fully saturated rings. The number of nitrogens with two attached hydrogens (primary N) is 1. The highest BCUT2D eigenvalue weighted by Gasteiger charge is 2.15. The molecule has 3 aromatic rings. The van der Waals surface area contributed by atoms with Crippen molar-refractivity contribution in [1.29, 1.82) is 5.41 Å². The molecule has 0 radical (unpaired) electrons. The van der Waals surface area contributed by atoms with E-state index in [0.29, 0.717) is 49.3 Å². The lowest BCUT2D eigenvalue weighted by Gasteiger charge is -2.15. The first-order chi connectivity index (χ1) is 20.0. The molecule has 0 spiro atoms. The topological polar surface area (TPSA) is 169 Å². The Morgan fingerprint density at radius 3 is 2.41 bits per heavy atom. The van der Waals surface area contributed by atoms with Crippen LogP contribution in [0.4, 0.5) is 17.6 Å². The minimum atomic E-state index is -0.375. The normalized spacial score (nSPS) is 14.4. The Morgan fingerprint density at radius 2 is 1.68 bits per heavy atom. The van der Waals surface area contributed by atoms with Crippen LogP contribution in [0, 0.1) is 5.41 Å². The molecule has 3 heterocycles. The van der Waals surface area contributed by atoms with Crippen LogP contribution in [0.25, 0.3) is 0 Å². The van der Waals surface area contributed by atoms with Gasteiger partial charge in [-0.2, -0.15) is 15.0 Å². The second-order valence-electron chi connectivity index (χ2n) is 9.56. The molecule has 6 bridgehead atoms. The lowest BCUT2D eigenvalue weighted by Crippen LogP contribution is -2.33. The van der Waals surface area contributed by atoms with E-state index in [-0.39, 0.29) is 30.2 Å². The fourth-order valence-electron chi connectivity index (χ4n) is 4.16. The molecule has 1 amide bonds. The minimum absolute atomic E-state index is 0.0474. The number of fused-ring (bicyclic) bond motifs is 12. The van der Waals surface area contributed by atoms with Gasteiger partial charge >= 0.3 is 6.01 Å². The van der Waals surface area contributed by atoms with Gasteiger partial charge in [-0.3, -0.25) is 10.2 Å². The van der Waals surface area contributed by atoms with Crippen LogP contribution in [-0.4, -0.2) is 53.1 Å². The van der Waals surface area contributed by atoms with Crippen molar-refractivity contribution in [3.05, 3.63) is 53.6 Å². The van der Waals surface area contributed by atoms with Gasteiger partial charge in [0.25, 0.3) is 5.91 Å². The first-order valence-electron chi connectivity index (χ1n) is 14.0. The third-order valence-corrected chi connectivity index (χ3v) is 6.25. The summed E-state index contributed by atoms with van der Waals surface area (Å²) in [5.74, 6) is 1.38. The van der Waals surface area contributed by atoms with Crippen molar-refractivity contribution in [2.75, 3.05) is 37.0 Å². The molecule has 1 aromatic heterocycles. The number of amidine groups is 1. The smallest absolute Gasteiger partial charge is 0.323 e. The van der Waals surface area contributed by atoms with Gasteiger partial charge in [-0.25, -0.2) is 0 Å². The van der Waals surface area contributed by atoms with Gasteiger partial charge in [0, 0.05) is 18.3 Å². The molecule has 2 aliphatic rings. The van der Waals surface area contributed by atoms with Crippen molar-refractivity contribution in [2.45, 2.75) is 52.0 Å². The zero-order chi connectivity index (χ0) is 28.9. The van der Waals surface area contributed by atoms with Crippen molar-refractivity contribution in [1.82, 2.24) is 20.3 Å². The molecule has 12 nitrogen and oxygen atoms in total. The van der Waals surface area contributed by atoms with E-state index in [1.54, 1.807) is 18.2 Å². The molecule has 218 valence electrons. The first-order valence-corrected chi connectivity index (χ1v) is 14.0. The number of carbonyl (C=O) groups excluding carboxylic acids is 1. The molecule has 0 unspecified atom stereocenters. The maximum absolute atomic E-state index is 12.8. The Morgan fingerprint density at radius 1 is 0.976 bits per heavy atom. The van der Waals surface area contributed by atoms with Gasteiger partial charge in [-0.1, -0.05) is 37.8 Å². The van der Waals surface area contributed by atoms with Crippen molar-refractivity contribution < 1.29 is 19.0 Å². The first kappa shape index (κ1) is 29.4. The lowest BCUT2D eigenvalue weighted by molar-refractivity contribution is 0.0955. The van der Waals surface area contributed by atoms with Crippen LogP contribution in [0.2, 0.25) is 0 Å². The van der Waals surface area contributed by atoms with Crippen LogP contribution in [0.5, 0.6) is 17.5 Å². The Hall–Kier alpha value is -4.61. The van der Waals surface area contributed by atoms with E-state index >= 15 is 0 Å². The Kier molecular flexibility index (Phi) is 10.9. The minimum Gasteiger partial charge on any atom is -0.494 e. The zero-order valence-electron chi connectivity index (χ0n) is 23.4. The second-order valence-corrected chi connectivity index (χ2v) is 9.56. The van der Waals surface area contributed by atoms with Gasteiger partial charge in [0.05, 0.1) is 31.9 Å². The summed E-state index contributed by atoms with van der Waals surface area (Å²) in [6.45, 7) is 3.85. The number of carbonyl (C=O) groups is 1. The predicted molar refractivity (Wildman–Crippen MR) is 157 cm³/mol. The quantitative estimate of drug-likeness (QED) is 0.222. The van der Waals surface area contributed by atoms with Gasteiger partial charge in [0.2, 0.25) is 11.9 Å². The SMILES string of the molecule is CCOc1nc2nc(n1)Nc1ccc(C(=O)NCC(=N)N)c(c1)OCCCCCCCCOc1ccc(cc1)CN2. The van der Waals surface area contributed by atoms with Crippen LogP contribution in [-0.2, 0) is 6.54 Å². The molecule has 0 saturated carbocycles. The molecule has 12 heteroatoms. The number of ether oxygens (including phenoxy) is 3. The summed E-state index contributed by atoms with van der Waals surface area (Å²) in [5.41, 5.74) is 7.43. The third kappa shape index (κ3) is 9.52. The molecule has 2 aliphatic heterocycles. The Bertz CT molecular complexity index is 1300. The summed E-state index contributed by atoms with van der Waals surface area (Å²) in [6.07, 6.45) is 6.21. The van der Waals surface area contributed by atoms with Gasteiger partial charge in [0.1, 0.15) is 17.3 Å². The van der Waals surface area contributed by atoms with E-state index in [0.717, 1.165) is 49.8 Å². The molecule has 5 rings (SSSR count). The summed E-state index contributed by atoms with van der Waals surface area (Å²) in [5, 5.41) is 16.5. The summed E-state index contributed by atoms with van der Waals surface area (Å²) in [7, 11) is 0. The Labute approximate surface area is 239 Å². The van der Waals surface area contributed by atoms with E-state index in [2.05, 4.69) is 30.9 Å². The number of nitrogens with one attached hydrogen (secondary N) is 4. The number of nitrogens with zero attached hydrogens (tertiary/aromatic N) is 3. The number of anilines is 3. The van der Waals surface area contributed by atoms with E-state index in [9.17, 15) is 4.79 Å². The molecule has 6 N–H and O–H groups in total. The molecular weight excluding hydrogens is 524 g/mol. The monoisotopic (exact) mass is 562 g/mol. The van der Waals surface area contributed by atoms with Crippen LogP contribution in [0.3, 0.4) is 0 Å². The molecule has 2 aromatic carbocycles. The lowest BCUT2D eigenvalue weighted by atomic mass is 10.1. The van der Waals surface area contributed by atoms with Crippen molar-refractivity contribution >= 4 is 29.3 Å². The molecule has 0 aliphatic carbocycles. The highest BCUT2D eigenvalue weighted by molar-refractivity contribution is 5.99. The van der Waals surface area contributed by atoms with Crippen LogP contribution < -0.4 is 35.9 Å². The van der Waals surface area contributed by atoms with Crippen molar-refractivity contribution in [2.24, 2.45) is 5.73 Å². The highest BCUT2D eigenvalue weighted by Crippen LogP contribution is 2.26. The van der Waals surface area contributed by atoms with E-state index in [1.807, 2.05) is 31.2 Å². The fraction of sp³-hybridized carbons (Fsp3) is 0.414. The van der Waals surface area contributed by atoms with Crippen molar-refractivity contribution in [3.63, 3.8) is 0 Å². The number of hydrogen-bond donors (Lipinski definition) is 5. The summed E-state index contributed by atoms with van der Waals surface area (Å²) >= 11 is 0. The zero-order valence-corrected chi connectivity index (χ0v) is 23.4. The number of rotatable bonds is 5. The number of hydrogen-bond acceptors (Lipinski definition) is 10. The van der Waals surface area contributed by atoms with Gasteiger partial charge in [0.15, 0.2) is 0 Å². The fourth-order valence-corrected chi connectivity index (χ4v) is 4.16. The second kappa shape index (κ2) is 15.2. The van der Waals surface area contributed by atoms with Crippen LogP contribution in [0.1, 0.15) is 61.4 Å². The van der Waals surface area contributed by atoms with Gasteiger partial charge < -0.3 is 35.9 Å². The average Bonchev–Trinajstić information content (AvgIpc) is 2.96. The Balaban J connectivity index is 1.58. The standard InChI is InChI=1S/C29H38N8O4/c1-2-39-29-36-27-33-18-20-9-12-22(13-10-20)40-15-7-5-3-4-6-8-16-41-24-17-21(34-28(35-27)37-29)11-14-23(24)26(38)32-19-25(30)31/h9-14,17H,2-8,15-16,18-19H2,1H3,(H3,30,31)(H,32,38)(H2,33,34,35,36,37). The summed E-state index contributed by atoms with van der Waals surface area (Å²) < 4.78 is 17.5. The van der Waals surface area contributed by atoms with Crippen LogP contribution in [0.15, 0.2) is 42.5 Å². The maximum Gasteiger partial charge on any atom is 0.323 e. The number of aromatic nitrogens is 3. The predicted octanol–water partition coefficient (Wildman–Crippen LogP) is 4.40. The summed E-state index contributed by atoms with van der Waals surface area (Å²) in [4.78, 5) is 26.0. The summed E-state index contributed by atoms with van der Waals surface area (Å²) in [6, 6.07) is 13.3. The number of benzene rings is 2. The van der Waals surface area contributed by atoms with Gasteiger partial charge in [-0.05, 0) is 49.6 Å². The molecular formula is C29H38N8O4. The van der Waals surface area contributed by atoms with Crippen LogP contribution >= 0.6 is 0 Å². The third-order valence-electron chi connectivity index (χ3n) is 6.25. The number of amides is 1. The van der Waals surface area contributed by atoms with E-state index < -0.39 is 0 Å². The van der Waals surface area contributed by atoms with E-state index in [4.69, 9.17) is 25.4 Å². The highest BCUT2D eigenvalue weighted by atomic mass is 16.5. The average molecular weight is 563 g/mol. The molecule has 41 heavy (non-hydrogen) atoms. The maximum atomic E-state index is 12.8.